The summed E-state index contributed by atoms with van der Waals surface area (Å²) in [5.41, 5.74) is 10.9. The molecule has 9 atom stereocenters. The third-order valence-corrected chi connectivity index (χ3v) is 9.67. The van der Waals surface area contributed by atoms with Gasteiger partial charge in [0.05, 0.1) is 6.10 Å². The van der Waals surface area contributed by atoms with Gasteiger partial charge in [0.2, 0.25) is 41.4 Å². The molecular weight excluding hydrogens is 700 g/mol. The molecule has 18 nitrogen and oxygen atoms in total. The first kappa shape index (κ1) is 47.5. The van der Waals surface area contributed by atoms with Crippen LogP contribution in [0.25, 0.3) is 0 Å². The molecule has 0 unspecified atom stereocenters. The molecule has 0 aromatic heterocycles. The highest BCUT2D eigenvalue weighted by Gasteiger charge is 2.39. The van der Waals surface area contributed by atoms with Crippen molar-refractivity contribution in [2.45, 2.75) is 149 Å². The van der Waals surface area contributed by atoms with Gasteiger partial charge in [0.15, 0.2) is 5.96 Å². The Balaban J connectivity index is 3.29. The van der Waals surface area contributed by atoms with E-state index in [1.165, 1.54) is 18.7 Å². The summed E-state index contributed by atoms with van der Waals surface area (Å²) >= 11 is 0. The van der Waals surface area contributed by atoms with Gasteiger partial charge in [-0.3, -0.25) is 38.6 Å². The lowest BCUT2D eigenvalue weighted by molar-refractivity contribution is -0.142. The second-order valence-corrected chi connectivity index (χ2v) is 14.1. The average molecular weight is 767 g/mol. The van der Waals surface area contributed by atoms with Crippen molar-refractivity contribution in [1.29, 1.82) is 0 Å². The molecule has 11 N–H and O–H groups in total. The normalized spacial score (nSPS) is 18.3. The molecule has 0 aliphatic carbocycles. The topological polar surface area (TPSA) is 280 Å². The van der Waals surface area contributed by atoms with Crippen LogP contribution in [0.4, 0.5) is 0 Å². The van der Waals surface area contributed by atoms with Crippen molar-refractivity contribution >= 4 is 47.3 Å². The number of likely N-dealkylation sites (N-methyl/N-ethyl adjacent to an activating group) is 1. The molecule has 1 heterocycles. The lowest BCUT2D eigenvalue weighted by atomic mass is 9.96. The summed E-state index contributed by atoms with van der Waals surface area (Å²) in [6, 6.07) is -6.43. The van der Waals surface area contributed by atoms with Gasteiger partial charge in [0.25, 0.3) is 0 Å². The van der Waals surface area contributed by atoms with E-state index in [0.717, 1.165) is 0 Å². The van der Waals surface area contributed by atoms with Crippen LogP contribution >= 0.6 is 0 Å². The predicted octanol–water partition coefficient (Wildman–Crippen LogP) is -1.12. The summed E-state index contributed by atoms with van der Waals surface area (Å²) in [6.45, 7) is 14.3. The molecule has 54 heavy (non-hydrogen) atoms. The number of hydrogen-bond donors (Lipinski definition) is 9. The quantitative estimate of drug-likeness (QED) is 0.0343. The second kappa shape index (κ2) is 24.0. The van der Waals surface area contributed by atoms with Gasteiger partial charge in [-0.1, -0.05) is 53.9 Å². The van der Waals surface area contributed by atoms with Crippen LogP contribution in [-0.4, -0.2) is 119 Å². The SMILES string of the molecule is CCC[C@H](NC(=O)[C@@H](NC(=O)[C@H](NC(C)=O)[C@@H](C)CC)[C@@H](C)O)C(=O)N[C@H](C(=O)N[C@@H](CCCN=C(N)N)C(=O)N1CCC[C@H]1C(=O)NCC)[C@@H](C)CC. The number of nitrogens with one attached hydrogen (secondary N) is 6. The second-order valence-electron chi connectivity index (χ2n) is 14.1. The number of carbonyl (C=O) groups excluding carboxylic acids is 7. The van der Waals surface area contributed by atoms with Gasteiger partial charge in [0.1, 0.15) is 36.3 Å². The van der Waals surface area contributed by atoms with Gasteiger partial charge < -0.3 is 53.4 Å². The third kappa shape index (κ3) is 15.1. The molecule has 0 radical (unpaired) electrons. The zero-order valence-electron chi connectivity index (χ0n) is 33.3. The monoisotopic (exact) mass is 767 g/mol. The molecule has 7 amide bonds. The molecule has 1 aliphatic heterocycles. The van der Waals surface area contributed by atoms with Crippen molar-refractivity contribution in [2.24, 2.45) is 28.3 Å². The fourth-order valence-electron chi connectivity index (χ4n) is 6.16. The number of likely N-dealkylation sites (tertiary alicyclic amines) is 1. The zero-order chi connectivity index (χ0) is 41.1. The minimum Gasteiger partial charge on any atom is -0.391 e. The summed E-state index contributed by atoms with van der Waals surface area (Å²) in [6.07, 6.45) is 1.87. The summed E-state index contributed by atoms with van der Waals surface area (Å²) in [7, 11) is 0. The van der Waals surface area contributed by atoms with Crippen LogP contribution in [0.5, 0.6) is 0 Å². The van der Waals surface area contributed by atoms with Crippen molar-refractivity contribution < 1.29 is 38.7 Å². The fraction of sp³-hybridized carbons (Fsp3) is 0.778. The number of carbonyl (C=O) groups is 7. The molecule has 1 rings (SSSR count). The molecule has 18 heteroatoms. The molecule has 0 aromatic carbocycles. The smallest absolute Gasteiger partial charge is 0.245 e. The van der Waals surface area contributed by atoms with E-state index in [-0.39, 0.29) is 37.2 Å². The molecule has 1 fully saturated rings. The number of nitrogens with zero attached hydrogens (tertiary/aromatic N) is 2. The third-order valence-electron chi connectivity index (χ3n) is 9.67. The standard InChI is InChI=1S/C36H66N10O8/c1-9-15-24(42-34(53)29(22(7)47)45-33(52)27(20(5)10-2)41-23(8)48)30(49)44-28(21(6)11-3)32(51)43-25(16-13-18-40-36(37)38)35(54)46-19-14-17-26(46)31(50)39-12-4/h20-22,24-29,47H,9-19H2,1-8H3,(H,39,50)(H,41,48)(H,42,53)(H,43,51)(H,44,49)(H,45,52)(H4,37,38,40)/t20-,21-,22+,24-,25-,26-,27+,28-,29-/m0/s1. The number of aliphatic imine (C=N–C) groups is 1. The summed E-state index contributed by atoms with van der Waals surface area (Å²) < 4.78 is 0. The molecule has 0 saturated carbocycles. The minimum absolute atomic E-state index is 0.117. The molecule has 308 valence electrons. The van der Waals surface area contributed by atoms with Crippen molar-refractivity contribution in [2.75, 3.05) is 19.6 Å². The van der Waals surface area contributed by atoms with Crippen molar-refractivity contribution in [3.63, 3.8) is 0 Å². The van der Waals surface area contributed by atoms with Crippen LogP contribution in [0.1, 0.15) is 107 Å². The van der Waals surface area contributed by atoms with Crippen LogP contribution in [0.3, 0.4) is 0 Å². The zero-order valence-corrected chi connectivity index (χ0v) is 33.3. The number of guanidine groups is 1. The maximum Gasteiger partial charge on any atom is 0.245 e. The Labute approximate surface area is 319 Å². The Morgan fingerprint density at radius 1 is 0.759 bits per heavy atom. The van der Waals surface area contributed by atoms with Gasteiger partial charge in [-0.25, -0.2) is 0 Å². The fourth-order valence-corrected chi connectivity index (χ4v) is 6.16. The van der Waals surface area contributed by atoms with Crippen LogP contribution in [0, 0.1) is 11.8 Å². The van der Waals surface area contributed by atoms with E-state index in [2.05, 4.69) is 36.9 Å². The number of aliphatic hydroxyl groups is 1. The largest absolute Gasteiger partial charge is 0.391 e. The highest BCUT2D eigenvalue weighted by Crippen LogP contribution is 2.20. The molecular formula is C36H66N10O8. The Kier molecular flexibility index (Phi) is 21.2. The van der Waals surface area contributed by atoms with E-state index in [1.807, 2.05) is 13.8 Å². The Morgan fingerprint density at radius 3 is 1.81 bits per heavy atom. The summed E-state index contributed by atoms with van der Waals surface area (Å²) in [5, 5.41) is 26.5. The highest BCUT2D eigenvalue weighted by molar-refractivity contribution is 5.97. The number of aliphatic hydroxyl groups excluding tert-OH is 1. The van der Waals surface area contributed by atoms with Crippen LogP contribution in [-0.2, 0) is 33.6 Å². The molecule has 1 aliphatic rings. The Morgan fingerprint density at radius 2 is 1.30 bits per heavy atom. The van der Waals surface area contributed by atoms with Gasteiger partial charge in [-0.2, -0.15) is 0 Å². The molecule has 1 saturated heterocycles. The Bertz CT molecular complexity index is 1310. The maximum atomic E-state index is 14.0. The van der Waals surface area contributed by atoms with Crippen molar-refractivity contribution in [1.82, 2.24) is 36.8 Å². The van der Waals surface area contributed by atoms with Crippen molar-refractivity contribution in [3.05, 3.63) is 0 Å². The van der Waals surface area contributed by atoms with E-state index in [0.29, 0.717) is 51.6 Å². The van der Waals surface area contributed by atoms with Crippen LogP contribution in [0.15, 0.2) is 4.99 Å². The number of amides is 7. The average Bonchev–Trinajstić information content (AvgIpc) is 3.61. The van der Waals surface area contributed by atoms with Crippen LogP contribution < -0.4 is 43.4 Å². The van der Waals surface area contributed by atoms with E-state index < -0.39 is 83.7 Å². The molecule has 0 aromatic rings. The van der Waals surface area contributed by atoms with E-state index in [1.54, 1.807) is 27.7 Å². The van der Waals surface area contributed by atoms with E-state index >= 15 is 0 Å². The van der Waals surface area contributed by atoms with E-state index in [4.69, 9.17) is 11.5 Å². The summed E-state index contributed by atoms with van der Waals surface area (Å²) in [4.78, 5) is 98.4. The Hall–Kier alpha value is -4.48. The minimum atomic E-state index is -1.46. The number of hydrogen-bond acceptors (Lipinski definition) is 9. The predicted molar refractivity (Wildman–Crippen MR) is 204 cm³/mol. The number of rotatable bonds is 23. The molecule has 0 spiro atoms. The highest BCUT2D eigenvalue weighted by atomic mass is 16.3. The van der Waals surface area contributed by atoms with Crippen molar-refractivity contribution in [3.8, 4) is 0 Å². The maximum absolute atomic E-state index is 14.0. The first-order valence-corrected chi connectivity index (χ1v) is 19.2. The van der Waals surface area contributed by atoms with Gasteiger partial charge >= 0.3 is 0 Å². The lowest BCUT2D eigenvalue weighted by Crippen LogP contribution is -2.62. The van der Waals surface area contributed by atoms with Gasteiger partial charge in [-0.15, -0.1) is 0 Å². The van der Waals surface area contributed by atoms with Crippen LogP contribution in [0.2, 0.25) is 0 Å². The first-order chi connectivity index (χ1) is 25.4. The van der Waals surface area contributed by atoms with Gasteiger partial charge in [0, 0.05) is 26.6 Å². The van der Waals surface area contributed by atoms with E-state index in [9.17, 15) is 38.7 Å². The lowest BCUT2D eigenvalue weighted by Gasteiger charge is -2.31. The molecule has 0 bridgehead atoms. The van der Waals surface area contributed by atoms with Gasteiger partial charge in [-0.05, 0) is 57.8 Å². The number of nitrogens with two attached hydrogens (primary N) is 2. The summed E-state index contributed by atoms with van der Waals surface area (Å²) in [5.74, 6) is -4.76. The first-order valence-electron chi connectivity index (χ1n) is 19.2.